The number of nitrogens with zero attached hydrogens (tertiary/aromatic N) is 3. The highest BCUT2D eigenvalue weighted by atomic mass is 16.5. The number of aldehydes is 1. The zero-order valence-electron chi connectivity index (χ0n) is 24.2. The molecule has 2 heterocycles. The minimum absolute atomic E-state index is 0.0146. The van der Waals surface area contributed by atoms with Crippen molar-refractivity contribution in [3.05, 3.63) is 47.8 Å². The molecular weight excluding hydrogens is 542 g/mol. The van der Waals surface area contributed by atoms with Gasteiger partial charge >= 0.3 is 6.09 Å². The van der Waals surface area contributed by atoms with Gasteiger partial charge in [-0.15, -0.1) is 5.10 Å². The van der Waals surface area contributed by atoms with Crippen LogP contribution in [-0.2, 0) is 43.5 Å². The lowest BCUT2D eigenvalue weighted by Crippen LogP contribution is -2.56. The van der Waals surface area contributed by atoms with Crippen LogP contribution in [0.4, 0.5) is 4.79 Å². The van der Waals surface area contributed by atoms with Crippen LogP contribution in [0.15, 0.2) is 36.5 Å². The van der Waals surface area contributed by atoms with Crippen molar-refractivity contribution >= 4 is 30.1 Å². The summed E-state index contributed by atoms with van der Waals surface area (Å²) >= 11 is 0. The molecule has 3 rings (SSSR count). The largest absolute Gasteiger partial charge is 0.445 e. The smallest absolute Gasteiger partial charge is 0.408 e. The van der Waals surface area contributed by atoms with E-state index in [1.54, 1.807) is 10.9 Å². The molecule has 1 aliphatic heterocycles. The lowest BCUT2D eigenvalue weighted by atomic mass is 10.0. The summed E-state index contributed by atoms with van der Waals surface area (Å²) in [6, 6.07) is 6.13. The van der Waals surface area contributed by atoms with Crippen LogP contribution in [0, 0.1) is 5.92 Å². The summed E-state index contributed by atoms with van der Waals surface area (Å²) in [5.41, 5.74) is 1.26. The van der Waals surface area contributed by atoms with Crippen LogP contribution in [0.5, 0.6) is 0 Å². The van der Waals surface area contributed by atoms with Gasteiger partial charge in [0.25, 0.3) is 0 Å². The van der Waals surface area contributed by atoms with E-state index in [2.05, 4.69) is 31.6 Å². The van der Waals surface area contributed by atoms with Crippen LogP contribution < -0.4 is 21.3 Å². The predicted octanol–water partition coefficient (Wildman–Crippen LogP) is 1.41. The molecule has 3 atom stereocenters. The Bertz CT molecular complexity index is 1190. The number of alkyl carbamates (subject to hydrolysis) is 1. The normalized spacial score (nSPS) is 21.4. The van der Waals surface area contributed by atoms with Crippen molar-refractivity contribution in [1.82, 2.24) is 36.3 Å². The Morgan fingerprint density at radius 2 is 1.90 bits per heavy atom. The Morgan fingerprint density at radius 3 is 2.64 bits per heavy atom. The average molecular weight is 584 g/mol. The summed E-state index contributed by atoms with van der Waals surface area (Å²) in [4.78, 5) is 63.3. The third-order valence-corrected chi connectivity index (χ3v) is 6.72. The van der Waals surface area contributed by atoms with Gasteiger partial charge in [-0.1, -0.05) is 49.4 Å². The Balaban J connectivity index is 1.79. The highest BCUT2D eigenvalue weighted by molar-refractivity contribution is 5.92. The van der Waals surface area contributed by atoms with Crippen molar-refractivity contribution in [3.8, 4) is 0 Å². The summed E-state index contributed by atoms with van der Waals surface area (Å²) in [6.07, 6.45) is 4.43. The van der Waals surface area contributed by atoms with E-state index in [0.29, 0.717) is 25.1 Å². The van der Waals surface area contributed by atoms with Crippen LogP contribution in [0.2, 0.25) is 0 Å². The number of carbonyl (C=O) groups is 5. The fraction of sp³-hybridized carbons (Fsp3) is 0.552. The van der Waals surface area contributed by atoms with E-state index in [-0.39, 0.29) is 44.1 Å². The van der Waals surface area contributed by atoms with E-state index in [9.17, 15) is 24.0 Å². The summed E-state index contributed by atoms with van der Waals surface area (Å²) < 4.78 is 7.00. The highest BCUT2D eigenvalue weighted by Crippen LogP contribution is 2.09. The molecule has 1 aromatic carbocycles. The standard InChI is InChI=1S/C29H41N7O6/c1-20(2)15-24-27(39)31-22(18-37)11-12-26(38)30-13-7-4-8-14-36-17-23(34-35-36)16-25(28(40)32-24)33-29(41)42-19-21-9-5-3-6-10-21/h3,5-6,9-10,17-18,20,22,24-25H,4,7-8,11-16,19H2,1-2H3,(H,30,38)(H,31,39)(H,32,40)(H,33,41)/t22-,24-,25-/m0/s1. The maximum Gasteiger partial charge on any atom is 0.408 e. The van der Waals surface area contributed by atoms with E-state index in [1.807, 2.05) is 44.2 Å². The zero-order valence-corrected chi connectivity index (χ0v) is 24.2. The molecule has 4 N–H and O–H groups in total. The third-order valence-electron chi connectivity index (χ3n) is 6.72. The molecule has 0 unspecified atom stereocenters. The van der Waals surface area contributed by atoms with Crippen molar-refractivity contribution < 1.29 is 28.7 Å². The number of ether oxygens (including phenoxy) is 1. The number of aromatic nitrogens is 3. The molecule has 1 aliphatic rings. The molecule has 228 valence electrons. The number of aryl methyl sites for hydroxylation is 1. The van der Waals surface area contributed by atoms with E-state index in [4.69, 9.17) is 4.74 Å². The molecule has 13 nitrogen and oxygen atoms in total. The van der Waals surface area contributed by atoms with Crippen molar-refractivity contribution in [2.24, 2.45) is 5.92 Å². The van der Waals surface area contributed by atoms with Crippen LogP contribution in [0.1, 0.15) is 63.6 Å². The first kappa shape index (κ1) is 32.2. The molecule has 1 aromatic heterocycles. The molecule has 13 heteroatoms. The number of hydrogen-bond donors (Lipinski definition) is 4. The van der Waals surface area contributed by atoms with Gasteiger partial charge in [0, 0.05) is 32.1 Å². The van der Waals surface area contributed by atoms with Gasteiger partial charge in [0.05, 0.1) is 11.7 Å². The second-order valence-electron chi connectivity index (χ2n) is 10.8. The van der Waals surface area contributed by atoms with Crippen molar-refractivity contribution in [2.75, 3.05) is 6.54 Å². The molecule has 0 saturated carbocycles. The van der Waals surface area contributed by atoms with Crippen LogP contribution >= 0.6 is 0 Å². The number of rotatable bonds is 6. The van der Waals surface area contributed by atoms with E-state index >= 15 is 0 Å². The molecular formula is C29H41N7O6. The zero-order chi connectivity index (χ0) is 30.3. The first-order valence-electron chi connectivity index (χ1n) is 14.4. The molecule has 0 fully saturated rings. The third kappa shape index (κ3) is 11.3. The van der Waals surface area contributed by atoms with Gasteiger partial charge in [-0.2, -0.15) is 0 Å². The SMILES string of the molecule is CC(C)C[C@@H]1NC(=O)[C@@H](NC(=O)OCc2ccccc2)Cc2cn(nn2)CCCCCNC(=O)CC[C@@H](C=O)NC1=O. The van der Waals surface area contributed by atoms with Gasteiger partial charge in [0.1, 0.15) is 25.0 Å². The van der Waals surface area contributed by atoms with Gasteiger partial charge in [-0.25, -0.2) is 4.79 Å². The first-order valence-corrected chi connectivity index (χ1v) is 14.4. The van der Waals surface area contributed by atoms with Crippen LogP contribution in [0.25, 0.3) is 0 Å². The lowest BCUT2D eigenvalue weighted by Gasteiger charge is -2.25. The highest BCUT2D eigenvalue weighted by Gasteiger charge is 2.30. The molecule has 0 saturated heterocycles. The first-order chi connectivity index (χ1) is 20.2. The second kappa shape index (κ2) is 16.8. The fourth-order valence-electron chi connectivity index (χ4n) is 4.48. The van der Waals surface area contributed by atoms with Gasteiger partial charge in [0.2, 0.25) is 17.7 Å². The summed E-state index contributed by atoms with van der Waals surface area (Å²) in [5, 5.41) is 19.1. The summed E-state index contributed by atoms with van der Waals surface area (Å²) in [7, 11) is 0. The fourth-order valence-corrected chi connectivity index (χ4v) is 4.48. The van der Waals surface area contributed by atoms with Gasteiger partial charge in [0.15, 0.2) is 0 Å². The molecule has 2 bridgehead atoms. The number of nitrogens with one attached hydrogen (secondary N) is 4. The summed E-state index contributed by atoms with van der Waals surface area (Å²) in [5.74, 6) is -1.35. The van der Waals surface area contributed by atoms with Crippen molar-refractivity contribution in [1.29, 1.82) is 0 Å². The number of hydrogen-bond acceptors (Lipinski definition) is 8. The Hall–Kier alpha value is -4.29. The molecule has 2 aromatic rings. The molecule has 0 spiro atoms. The second-order valence-corrected chi connectivity index (χ2v) is 10.8. The van der Waals surface area contributed by atoms with Crippen LogP contribution in [-0.4, -0.2) is 69.8 Å². The van der Waals surface area contributed by atoms with Gasteiger partial charge < -0.3 is 30.8 Å². The lowest BCUT2D eigenvalue weighted by molar-refractivity contribution is -0.131. The molecule has 0 radical (unpaired) electrons. The van der Waals surface area contributed by atoms with Gasteiger partial charge in [-0.05, 0) is 43.6 Å². The summed E-state index contributed by atoms with van der Waals surface area (Å²) in [6.45, 7) is 4.92. The average Bonchev–Trinajstić information content (AvgIpc) is 3.42. The predicted molar refractivity (Wildman–Crippen MR) is 153 cm³/mol. The van der Waals surface area contributed by atoms with E-state index < -0.39 is 36.0 Å². The van der Waals surface area contributed by atoms with E-state index in [0.717, 1.165) is 24.8 Å². The Kier molecular flexibility index (Phi) is 12.9. The van der Waals surface area contributed by atoms with Crippen LogP contribution in [0.3, 0.4) is 0 Å². The minimum atomic E-state index is -1.11. The Morgan fingerprint density at radius 1 is 1.12 bits per heavy atom. The maximum absolute atomic E-state index is 13.5. The Labute approximate surface area is 245 Å². The number of benzene rings is 1. The molecule has 4 amide bonds. The topological polar surface area (TPSA) is 173 Å². The van der Waals surface area contributed by atoms with Crippen molar-refractivity contribution in [2.45, 2.75) is 90.1 Å². The molecule has 42 heavy (non-hydrogen) atoms. The maximum atomic E-state index is 13.5. The van der Waals surface area contributed by atoms with Crippen molar-refractivity contribution in [3.63, 3.8) is 0 Å². The quantitative estimate of drug-likeness (QED) is 0.370. The monoisotopic (exact) mass is 583 g/mol. The number of fused-ring (bicyclic) bond motifs is 2. The molecule has 0 aliphatic carbocycles. The van der Waals surface area contributed by atoms with E-state index in [1.165, 1.54) is 0 Å². The number of amides is 4. The van der Waals surface area contributed by atoms with Gasteiger partial charge in [-0.3, -0.25) is 19.1 Å². The number of carbonyl (C=O) groups excluding carboxylic acids is 5. The minimum Gasteiger partial charge on any atom is -0.445 e.